The summed E-state index contributed by atoms with van der Waals surface area (Å²) >= 11 is 0. The first-order valence-corrected chi connectivity index (χ1v) is 6.48. The van der Waals surface area contributed by atoms with Crippen molar-refractivity contribution >= 4 is 17.7 Å². The lowest BCUT2D eigenvalue weighted by atomic mass is 10.1. The molecule has 0 saturated carbocycles. The van der Waals surface area contributed by atoms with Crippen LogP contribution in [0.15, 0.2) is 54.1 Å². The highest BCUT2D eigenvalue weighted by Crippen LogP contribution is 2.19. The van der Waals surface area contributed by atoms with E-state index in [0.29, 0.717) is 22.6 Å². The molecule has 5 heteroatoms. The molecule has 0 fully saturated rings. The molecule has 23 heavy (non-hydrogen) atoms. The van der Waals surface area contributed by atoms with E-state index in [9.17, 15) is 4.79 Å². The van der Waals surface area contributed by atoms with Crippen LogP contribution in [0, 0.1) is 29.2 Å². The summed E-state index contributed by atoms with van der Waals surface area (Å²) in [7, 11) is 0. The Morgan fingerprint density at radius 2 is 1.83 bits per heavy atom. The van der Waals surface area contributed by atoms with Gasteiger partial charge >= 0.3 is 5.97 Å². The van der Waals surface area contributed by atoms with Crippen molar-refractivity contribution in [1.82, 2.24) is 0 Å². The molecule has 0 aliphatic carbocycles. The van der Waals surface area contributed by atoms with Crippen LogP contribution in [-0.4, -0.2) is 5.97 Å². The molecule has 108 valence electrons. The van der Waals surface area contributed by atoms with E-state index in [4.69, 9.17) is 21.8 Å². The molecule has 0 spiro atoms. The van der Waals surface area contributed by atoms with Gasteiger partial charge in [-0.2, -0.15) is 10.5 Å². The minimum absolute atomic E-state index is 0.0507. The van der Waals surface area contributed by atoms with Crippen LogP contribution in [0.25, 0.3) is 10.9 Å². The monoisotopic (exact) mass is 299 g/mol. The van der Waals surface area contributed by atoms with Gasteiger partial charge in [-0.05, 0) is 35.9 Å². The molecule has 5 nitrogen and oxygen atoms in total. The summed E-state index contributed by atoms with van der Waals surface area (Å²) in [5, 5.41) is 17.5. The number of nitrogens with zero attached hydrogens (tertiary/aromatic N) is 3. The van der Waals surface area contributed by atoms with Crippen molar-refractivity contribution in [2.45, 2.75) is 0 Å². The van der Waals surface area contributed by atoms with Crippen molar-refractivity contribution in [3.63, 3.8) is 0 Å². The third-order valence-electron chi connectivity index (χ3n) is 2.85. The summed E-state index contributed by atoms with van der Waals surface area (Å²) < 4.78 is 5.22. The van der Waals surface area contributed by atoms with Gasteiger partial charge in [0.15, 0.2) is 5.69 Å². The van der Waals surface area contributed by atoms with E-state index < -0.39 is 5.97 Å². The fourth-order valence-electron chi connectivity index (χ4n) is 1.77. The molecule has 0 saturated heterocycles. The summed E-state index contributed by atoms with van der Waals surface area (Å²) in [4.78, 5) is 15.4. The zero-order valence-corrected chi connectivity index (χ0v) is 11.9. The van der Waals surface area contributed by atoms with E-state index in [2.05, 4.69) is 4.85 Å². The molecule has 0 atom stereocenters. The van der Waals surface area contributed by atoms with E-state index in [1.54, 1.807) is 54.6 Å². The van der Waals surface area contributed by atoms with Crippen LogP contribution in [0.5, 0.6) is 5.75 Å². The number of esters is 1. The van der Waals surface area contributed by atoms with E-state index in [-0.39, 0.29) is 5.57 Å². The van der Waals surface area contributed by atoms with Crippen LogP contribution in [0.4, 0.5) is 5.69 Å². The number of carbonyl (C=O) groups is 1. The molecule has 0 heterocycles. The van der Waals surface area contributed by atoms with E-state index >= 15 is 0 Å². The number of rotatable bonds is 3. The van der Waals surface area contributed by atoms with Crippen LogP contribution < -0.4 is 4.74 Å². The maximum absolute atomic E-state index is 12.1. The predicted octanol–water partition coefficient (Wildman–Crippen LogP) is 3.89. The smallest absolute Gasteiger partial charge is 0.343 e. The molecule has 0 bridgehead atoms. The minimum Gasteiger partial charge on any atom is -0.423 e. The fourth-order valence-corrected chi connectivity index (χ4v) is 1.77. The quantitative estimate of drug-likeness (QED) is 0.373. The Bertz CT molecular complexity index is 876. The van der Waals surface area contributed by atoms with Gasteiger partial charge in [-0.15, -0.1) is 0 Å². The SMILES string of the molecule is [C-]#[N+]c1ccc(OC(=O)c2cccc(C=C(C#N)C#N)c2)cc1. The van der Waals surface area contributed by atoms with Gasteiger partial charge in [0.2, 0.25) is 0 Å². The Hall–Kier alpha value is -3.88. The molecule has 0 amide bonds. The second-order valence-electron chi connectivity index (χ2n) is 4.40. The Morgan fingerprint density at radius 3 is 2.43 bits per heavy atom. The number of ether oxygens (including phenoxy) is 1. The van der Waals surface area contributed by atoms with Gasteiger partial charge < -0.3 is 4.74 Å². The average molecular weight is 299 g/mol. The van der Waals surface area contributed by atoms with Gasteiger partial charge in [-0.3, -0.25) is 0 Å². The van der Waals surface area contributed by atoms with Crippen molar-refractivity contribution < 1.29 is 9.53 Å². The van der Waals surface area contributed by atoms with Crippen molar-refractivity contribution in [1.29, 1.82) is 10.5 Å². The number of hydrogen-bond donors (Lipinski definition) is 0. The van der Waals surface area contributed by atoms with Crippen LogP contribution in [0.1, 0.15) is 15.9 Å². The minimum atomic E-state index is -0.564. The summed E-state index contributed by atoms with van der Waals surface area (Å²) in [5.41, 5.74) is 1.26. The standard InChI is InChI=1S/C18H9N3O2/c1-21-16-5-7-17(8-6-16)23-18(22)15-4-2-3-13(10-15)9-14(11-19)12-20/h2-10H. The van der Waals surface area contributed by atoms with Gasteiger partial charge in [-0.25, -0.2) is 9.64 Å². The Labute approximate surface area is 133 Å². The number of benzene rings is 2. The van der Waals surface area contributed by atoms with Gasteiger partial charge in [0.05, 0.1) is 12.1 Å². The highest BCUT2D eigenvalue weighted by atomic mass is 16.5. The zero-order chi connectivity index (χ0) is 16.7. The first-order chi connectivity index (χ1) is 11.2. The van der Waals surface area contributed by atoms with Crippen molar-refractivity contribution in [2.24, 2.45) is 0 Å². The molecule has 2 rings (SSSR count). The normalized spacial score (nSPS) is 8.91. The summed E-state index contributed by atoms with van der Waals surface area (Å²) in [6, 6.07) is 16.1. The second-order valence-corrected chi connectivity index (χ2v) is 4.40. The molecule has 0 N–H and O–H groups in total. The van der Waals surface area contributed by atoms with Crippen LogP contribution in [0.2, 0.25) is 0 Å². The molecule has 0 radical (unpaired) electrons. The predicted molar refractivity (Wildman–Crippen MR) is 83.3 cm³/mol. The maximum Gasteiger partial charge on any atom is 0.343 e. The highest BCUT2D eigenvalue weighted by Gasteiger charge is 2.09. The molecule has 2 aromatic rings. The Morgan fingerprint density at radius 1 is 1.13 bits per heavy atom. The lowest BCUT2D eigenvalue weighted by Crippen LogP contribution is -2.08. The molecular formula is C18H9N3O2. The lowest BCUT2D eigenvalue weighted by molar-refractivity contribution is 0.0735. The van der Waals surface area contributed by atoms with Crippen LogP contribution in [0.3, 0.4) is 0 Å². The second kappa shape index (κ2) is 7.22. The number of allylic oxidation sites excluding steroid dienone is 1. The molecular weight excluding hydrogens is 290 g/mol. The summed E-state index contributed by atoms with van der Waals surface area (Å²) in [5.74, 6) is -0.232. The Kier molecular flexibility index (Phi) is 4.87. The molecule has 0 aliphatic rings. The first-order valence-electron chi connectivity index (χ1n) is 6.48. The topological polar surface area (TPSA) is 78.2 Å². The van der Waals surface area contributed by atoms with E-state index in [1.807, 2.05) is 0 Å². The van der Waals surface area contributed by atoms with Crippen LogP contribution in [-0.2, 0) is 0 Å². The van der Waals surface area contributed by atoms with Gasteiger partial charge in [0, 0.05) is 0 Å². The first kappa shape index (κ1) is 15.5. The van der Waals surface area contributed by atoms with Crippen molar-refractivity contribution in [3.8, 4) is 17.9 Å². The fraction of sp³-hybridized carbons (Fsp3) is 0. The van der Waals surface area contributed by atoms with Crippen molar-refractivity contribution in [2.75, 3.05) is 0 Å². The maximum atomic E-state index is 12.1. The average Bonchev–Trinajstić information content (AvgIpc) is 2.60. The van der Waals surface area contributed by atoms with Crippen molar-refractivity contribution in [3.05, 3.63) is 76.6 Å². The largest absolute Gasteiger partial charge is 0.423 e. The highest BCUT2D eigenvalue weighted by molar-refractivity contribution is 5.91. The molecule has 0 aliphatic heterocycles. The third kappa shape index (κ3) is 4.04. The Balaban J connectivity index is 2.20. The zero-order valence-electron chi connectivity index (χ0n) is 11.9. The number of nitriles is 2. The number of hydrogen-bond acceptors (Lipinski definition) is 4. The van der Waals surface area contributed by atoms with Gasteiger partial charge in [-0.1, -0.05) is 24.3 Å². The lowest BCUT2D eigenvalue weighted by Gasteiger charge is -2.05. The summed E-state index contributed by atoms with van der Waals surface area (Å²) in [6.45, 7) is 6.87. The number of carbonyl (C=O) groups excluding carboxylic acids is 1. The van der Waals surface area contributed by atoms with Crippen LogP contribution >= 0.6 is 0 Å². The summed E-state index contributed by atoms with van der Waals surface area (Å²) in [6.07, 6.45) is 1.39. The third-order valence-corrected chi connectivity index (χ3v) is 2.85. The van der Waals surface area contributed by atoms with Gasteiger partial charge in [0.1, 0.15) is 23.5 Å². The van der Waals surface area contributed by atoms with Gasteiger partial charge in [0.25, 0.3) is 0 Å². The van der Waals surface area contributed by atoms with E-state index in [1.165, 1.54) is 12.1 Å². The molecule has 0 unspecified atom stereocenters. The van der Waals surface area contributed by atoms with E-state index in [0.717, 1.165) is 0 Å². The molecule has 2 aromatic carbocycles. The molecule has 0 aromatic heterocycles.